The maximum atomic E-state index is 13.1. The van der Waals surface area contributed by atoms with Gasteiger partial charge in [0, 0.05) is 0 Å². The number of hydrogen-bond acceptors (Lipinski definition) is 5. The number of ether oxygens (including phenoxy) is 2. The van der Waals surface area contributed by atoms with Crippen molar-refractivity contribution >= 4 is 34.7 Å². The molecule has 0 saturated heterocycles. The highest BCUT2D eigenvalue weighted by Gasteiger charge is 2.39. The van der Waals surface area contributed by atoms with Crippen molar-refractivity contribution in [2.45, 2.75) is 19.4 Å². The Morgan fingerprint density at radius 2 is 1.56 bits per heavy atom. The van der Waals surface area contributed by atoms with E-state index in [2.05, 4.69) is 33.1 Å². The average molecular weight is 544 g/mol. The van der Waals surface area contributed by atoms with E-state index in [0.29, 0.717) is 35.8 Å². The van der Waals surface area contributed by atoms with E-state index in [1.54, 1.807) is 54.6 Å². The first-order chi connectivity index (χ1) is 15.5. The Balaban J connectivity index is 1.87. The summed E-state index contributed by atoms with van der Waals surface area (Å²) in [6, 6.07) is 21.3. The molecule has 0 spiro atoms. The molecule has 0 aliphatic heterocycles. The van der Waals surface area contributed by atoms with E-state index in [1.807, 2.05) is 32.0 Å². The third kappa shape index (κ3) is 5.28. The Kier molecular flexibility index (Phi) is 8.24. The number of benzene rings is 3. The number of nitrogens with one attached hydrogen (secondary N) is 1. The minimum absolute atomic E-state index is 0.452. The fourth-order valence-electron chi connectivity index (χ4n) is 3.24. The molecule has 0 radical (unpaired) electrons. The summed E-state index contributed by atoms with van der Waals surface area (Å²) in [5.41, 5.74) is 2.23. The molecule has 0 bridgehead atoms. The summed E-state index contributed by atoms with van der Waals surface area (Å²) in [7, 11) is 0. The molecule has 1 amide bonds. The number of carbonyl (C=O) groups is 1. The quantitative estimate of drug-likeness (QED) is 0.237. The lowest BCUT2D eigenvalue weighted by molar-refractivity contribution is -0.136. The van der Waals surface area contributed by atoms with Gasteiger partial charge in [-0.2, -0.15) is 5.10 Å². The molecule has 0 atom stereocenters. The van der Waals surface area contributed by atoms with Gasteiger partial charge in [-0.1, -0.05) is 60.7 Å². The first-order valence-electron chi connectivity index (χ1n) is 10.3. The number of carbonyl (C=O) groups excluding carboxylic acids is 1. The van der Waals surface area contributed by atoms with Gasteiger partial charge in [-0.25, -0.2) is 5.43 Å². The van der Waals surface area contributed by atoms with Crippen LogP contribution in [0.1, 0.15) is 30.5 Å². The van der Waals surface area contributed by atoms with Crippen LogP contribution in [0.15, 0.2) is 77.9 Å². The lowest BCUT2D eigenvalue weighted by Crippen LogP contribution is -2.43. The fraction of sp³-hybridized carbons (Fsp3) is 0.200. The summed E-state index contributed by atoms with van der Waals surface area (Å²) in [6.07, 6.45) is 1.51. The van der Waals surface area contributed by atoms with Crippen LogP contribution >= 0.6 is 22.6 Å². The minimum Gasteiger partial charge on any atom is -0.490 e. The highest BCUT2D eigenvalue weighted by molar-refractivity contribution is 14.1. The topological polar surface area (TPSA) is 80.2 Å². The average Bonchev–Trinajstić information content (AvgIpc) is 2.82. The Labute approximate surface area is 201 Å². The van der Waals surface area contributed by atoms with E-state index in [4.69, 9.17) is 9.47 Å². The summed E-state index contributed by atoms with van der Waals surface area (Å²) < 4.78 is 12.2. The standard InChI is InChI=1S/C25H25IN2O4/c1-3-31-22-16-18(15-21(26)23(22)32-4-2)17-27-28-24(29)25(30,19-11-7-5-8-12-19)20-13-9-6-10-14-20/h5-17,30H,3-4H2,1-2H3,(H,28,29)/b27-17-. The Morgan fingerprint density at radius 1 is 1.00 bits per heavy atom. The number of nitrogens with zero attached hydrogens (tertiary/aromatic N) is 1. The lowest BCUT2D eigenvalue weighted by Gasteiger charge is -2.27. The summed E-state index contributed by atoms with van der Waals surface area (Å²) in [4.78, 5) is 13.1. The zero-order valence-corrected chi connectivity index (χ0v) is 20.1. The van der Waals surface area contributed by atoms with E-state index in [0.717, 1.165) is 9.13 Å². The molecule has 6 nitrogen and oxygen atoms in total. The van der Waals surface area contributed by atoms with Crippen molar-refractivity contribution in [3.63, 3.8) is 0 Å². The van der Waals surface area contributed by atoms with Crippen LogP contribution in [0, 0.1) is 3.57 Å². The van der Waals surface area contributed by atoms with Gasteiger partial charge in [0.25, 0.3) is 5.91 Å². The molecule has 0 heterocycles. The normalized spacial score (nSPS) is 11.4. The SMILES string of the molecule is CCOc1cc(/C=N\NC(=O)C(O)(c2ccccc2)c2ccccc2)cc(I)c1OCC. The van der Waals surface area contributed by atoms with Crippen LogP contribution in [0.5, 0.6) is 11.5 Å². The van der Waals surface area contributed by atoms with Crippen molar-refractivity contribution in [3.8, 4) is 11.5 Å². The van der Waals surface area contributed by atoms with Crippen LogP contribution < -0.4 is 14.9 Å². The molecule has 166 valence electrons. The van der Waals surface area contributed by atoms with Crippen LogP contribution in [0.25, 0.3) is 0 Å². The van der Waals surface area contributed by atoms with Crippen LogP contribution in [0.3, 0.4) is 0 Å². The third-order valence-corrected chi connectivity index (χ3v) is 5.51. The highest BCUT2D eigenvalue weighted by Crippen LogP contribution is 2.34. The molecule has 0 aliphatic carbocycles. The van der Waals surface area contributed by atoms with Crippen LogP contribution in [0.2, 0.25) is 0 Å². The van der Waals surface area contributed by atoms with Crippen LogP contribution in [-0.4, -0.2) is 30.4 Å². The molecule has 3 aromatic carbocycles. The molecular formula is C25H25IN2O4. The second-order valence-electron chi connectivity index (χ2n) is 6.84. The summed E-state index contributed by atoms with van der Waals surface area (Å²) in [5.74, 6) is 0.634. The van der Waals surface area contributed by atoms with Crippen molar-refractivity contribution in [3.05, 3.63) is 93.1 Å². The Hall–Kier alpha value is -2.91. The van der Waals surface area contributed by atoms with Gasteiger partial charge in [0.2, 0.25) is 0 Å². The predicted molar refractivity (Wildman–Crippen MR) is 133 cm³/mol. The van der Waals surface area contributed by atoms with Gasteiger partial charge in [-0.3, -0.25) is 4.79 Å². The second kappa shape index (κ2) is 11.1. The van der Waals surface area contributed by atoms with Gasteiger partial charge in [0.1, 0.15) is 0 Å². The highest BCUT2D eigenvalue weighted by atomic mass is 127. The van der Waals surface area contributed by atoms with Crippen molar-refractivity contribution in [1.82, 2.24) is 5.43 Å². The molecular weight excluding hydrogens is 519 g/mol. The number of amides is 1. The van der Waals surface area contributed by atoms with Crippen molar-refractivity contribution in [2.75, 3.05) is 13.2 Å². The monoisotopic (exact) mass is 544 g/mol. The van der Waals surface area contributed by atoms with Gasteiger partial charge in [-0.15, -0.1) is 0 Å². The van der Waals surface area contributed by atoms with E-state index in [-0.39, 0.29) is 0 Å². The molecule has 0 saturated carbocycles. The van der Waals surface area contributed by atoms with E-state index < -0.39 is 11.5 Å². The van der Waals surface area contributed by atoms with Crippen LogP contribution in [-0.2, 0) is 10.4 Å². The zero-order valence-electron chi connectivity index (χ0n) is 17.9. The molecule has 2 N–H and O–H groups in total. The predicted octanol–water partition coefficient (Wildman–Crippen LogP) is 4.47. The first kappa shape index (κ1) is 23.7. The van der Waals surface area contributed by atoms with E-state index in [1.165, 1.54) is 6.21 Å². The maximum absolute atomic E-state index is 13.1. The molecule has 32 heavy (non-hydrogen) atoms. The lowest BCUT2D eigenvalue weighted by atomic mass is 9.85. The van der Waals surface area contributed by atoms with Crippen molar-refractivity contribution < 1.29 is 19.4 Å². The van der Waals surface area contributed by atoms with E-state index >= 15 is 0 Å². The molecule has 3 rings (SSSR count). The minimum atomic E-state index is -1.89. The summed E-state index contributed by atoms with van der Waals surface area (Å²) in [6.45, 7) is 4.83. The number of aliphatic hydroxyl groups is 1. The molecule has 0 aromatic heterocycles. The molecule has 3 aromatic rings. The van der Waals surface area contributed by atoms with Crippen LogP contribution in [0.4, 0.5) is 0 Å². The van der Waals surface area contributed by atoms with Crippen molar-refractivity contribution in [1.29, 1.82) is 0 Å². The summed E-state index contributed by atoms with van der Waals surface area (Å²) >= 11 is 2.17. The summed E-state index contributed by atoms with van der Waals surface area (Å²) in [5, 5.41) is 15.5. The fourth-order valence-corrected chi connectivity index (χ4v) is 4.02. The largest absolute Gasteiger partial charge is 0.490 e. The van der Waals surface area contributed by atoms with Crippen molar-refractivity contribution in [2.24, 2.45) is 5.10 Å². The smallest absolute Gasteiger partial charge is 0.281 e. The van der Waals surface area contributed by atoms with E-state index in [9.17, 15) is 9.90 Å². The number of hydrogen-bond donors (Lipinski definition) is 2. The number of halogens is 1. The first-order valence-corrected chi connectivity index (χ1v) is 11.3. The van der Waals surface area contributed by atoms with Gasteiger partial charge in [0.05, 0.1) is 23.0 Å². The van der Waals surface area contributed by atoms with Gasteiger partial charge in [-0.05, 0) is 65.3 Å². The maximum Gasteiger partial charge on any atom is 0.281 e. The number of rotatable bonds is 9. The second-order valence-corrected chi connectivity index (χ2v) is 8.00. The third-order valence-electron chi connectivity index (χ3n) is 4.71. The zero-order chi connectivity index (χ0) is 23.0. The molecule has 0 fully saturated rings. The van der Waals surface area contributed by atoms with Gasteiger partial charge in [0.15, 0.2) is 17.1 Å². The molecule has 0 aliphatic rings. The van der Waals surface area contributed by atoms with Gasteiger partial charge < -0.3 is 14.6 Å². The number of hydrazone groups is 1. The Morgan fingerprint density at radius 3 is 2.09 bits per heavy atom. The Bertz CT molecular complexity index is 1030. The molecule has 0 unspecified atom stereocenters. The molecule has 7 heteroatoms. The van der Waals surface area contributed by atoms with Gasteiger partial charge >= 0.3 is 0 Å².